The number of halogens is 1. The van der Waals surface area contributed by atoms with Crippen LogP contribution in [-0.2, 0) is 11.3 Å². The van der Waals surface area contributed by atoms with E-state index in [9.17, 15) is 18.8 Å². The van der Waals surface area contributed by atoms with Crippen LogP contribution in [0.15, 0.2) is 65.3 Å². The third kappa shape index (κ3) is 6.47. The minimum Gasteiger partial charge on any atom is -0.459 e. The first-order valence-corrected chi connectivity index (χ1v) is 13.5. The van der Waals surface area contributed by atoms with E-state index in [0.29, 0.717) is 43.2 Å². The van der Waals surface area contributed by atoms with Crippen molar-refractivity contribution in [3.8, 4) is 0 Å². The molecule has 1 aliphatic carbocycles. The van der Waals surface area contributed by atoms with Gasteiger partial charge in [0.05, 0.1) is 11.8 Å². The average Bonchev–Trinajstić information content (AvgIpc) is 3.64. The number of nitrogens with one attached hydrogen (secondary N) is 2. The zero-order valence-electron chi connectivity index (χ0n) is 21.8. The van der Waals surface area contributed by atoms with E-state index in [-0.39, 0.29) is 36.0 Å². The molecule has 0 unspecified atom stereocenters. The molecule has 2 aliphatic rings. The number of hydrogen-bond acceptors (Lipinski definition) is 5. The Balaban J connectivity index is 1.34. The molecule has 1 saturated carbocycles. The van der Waals surface area contributed by atoms with Gasteiger partial charge in [0.15, 0.2) is 5.76 Å². The lowest BCUT2D eigenvalue weighted by Crippen LogP contribution is -2.35. The molecule has 1 saturated heterocycles. The van der Waals surface area contributed by atoms with E-state index in [4.69, 9.17) is 4.42 Å². The second kappa shape index (κ2) is 12.1. The van der Waals surface area contributed by atoms with Crippen molar-refractivity contribution in [1.82, 2.24) is 10.2 Å². The second-order valence-electron chi connectivity index (χ2n) is 10.1. The fourth-order valence-electron chi connectivity index (χ4n) is 5.30. The number of carbonyl (C=O) groups excluding carboxylic acids is 3. The van der Waals surface area contributed by atoms with E-state index in [2.05, 4.69) is 15.5 Å². The van der Waals surface area contributed by atoms with Crippen molar-refractivity contribution in [3.05, 3.63) is 83.6 Å². The van der Waals surface area contributed by atoms with Crippen LogP contribution in [0.1, 0.15) is 58.6 Å². The monoisotopic (exact) mass is 532 g/mol. The molecule has 2 N–H and O–H groups in total. The molecule has 3 amide bonds. The van der Waals surface area contributed by atoms with Crippen LogP contribution < -0.4 is 15.5 Å². The number of hydrogen-bond donors (Lipinski definition) is 2. The van der Waals surface area contributed by atoms with Crippen LogP contribution in [0.25, 0.3) is 0 Å². The largest absolute Gasteiger partial charge is 0.459 e. The number of amides is 3. The van der Waals surface area contributed by atoms with E-state index < -0.39 is 0 Å². The van der Waals surface area contributed by atoms with Crippen LogP contribution in [-0.4, -0.2) is 48.8 Å². The molecule has 0 bridgehead atoms. The minimum atomic E-state index is -0.334. The Morgan fingerprint density at radius 3 is 2.46 bits per heavy atom. The fraction of sp³-hybridized carbons (Fsp3) is 0.367. The molecule has 2 aromatic carbocycles. The molecule has 3 aromatic rings. The van der Waals surface area contributed by atoms with Crippen molar-refractivity contribution < 1.29 is 23.2 Å². The summed E-state index contributed by atoms with van der Waals surface area (Å²) < 4.78 is 18.6. The molecule has 8 nitrogen and oxygen atoms in total. The van der Waals surface area contributed by atoms with Gasteiger partial charge in [0.25, 0.3) is 11.8 Å². The van der Waals surface area contributed by atoms with Gasteiger partial charge in [0.2, 0.25) is 5.91 Å². The minimum absolute atomic E-state index is 0.00344. The standard InChI is InChI=1S/C30H33FN4O4/c31-23-10-8-21(9-11-23)20-32-29(37)25-19-24(33-28(36)22-5-1-2-6-22)12-13-26(25)34-14-4-15-35(17-16-34)30(38)27-7-3-18-39-27/h3,7-13,18-19,22H,1-2,4-6,14-17,20H2,(H,32,37)(H,33,36). The number of anilines is 2. The molecule has 0 radical (unpaired) electrons. The van der Waals surface area contributed by atoms with E-state index in [0.717, 1.165) is 43.4 Å². The van der Waals surface area contributed by atoms with E-state index in [1.807, 2.05) is 12.1 Å². The summed E-state index contributed by atoms with van der Waals surface area (Å²) in [6.45, 7) is 2.50. The maximum Gasteiger partial charge on any atom is 0.289 e. The van der Waals surface area contributed by atoms with Gasteiger partial charge >= 0.3 is 0 Å². The molecule has 9 heteroatoms. The summed E-state index contributed by atoms with van der Waals surface area (Å²) in [5.74, 6) is -0.475. The molecule has 39 heavy (non-hydrogen) atoms. The summed E-state index contributed by atoms with van der Waals surface area (Å²) in [4.78, 5) is 42.9. The quantitative estimate of drug-likeness (QED) is 0.455. The Bertz CT molecular complexity index is 1300. The van der Waals surface area contributed by atoms with E-state index >= 15 is 0 Å². The number of nitrogens with zero attached hydrogens (tertiary/aromatic N) is 2. The highest BCUT2D eigenvalue weighted by molar-refractivity contribution is 6.02. The molecule has 1 aromatic heterocycles. The smallest absolute Gasteiger partial charge is 0.289 e. The van der Waals surface area contributed by atoms with Gasteiger partial charge in [-0.25, -0.2) is 4.39 Å². The normalized spacial score (nSPS) is 16.1. The highest BCUT2D eigenvalue weighted by Gasteiger charge is 2.26. The van der Waals surface area contributed by atoms with Crippen molar-refractivity contribution in [2.24, 2.45) is 5.92 Å². The van der Waals surface area contributed by atoms with Crippen molar-refractivity contribution >= 4 is 29.1 Å². The lowest BCUT2D eigenvalue weighted by atomic mass is 10.1. The van der Waals surface area contributed by atoms with Crippen LogP contribution in [0.2, 0.25) is 0 Å². The topological polar surface area (TPSA) is 94.9 Å². The van der Waals surface area contributed by atoms with Crippen LogP contribution in [0, 0.1) is 11.7 Å². The Hall–Kier alpha value is -4.14. The number of rotatable bonds is 7. The predicted molar refractivity (Wildman–Crippen MR) is 146 cm³/mol. The van der Waals surface area contributed by atoms with Gasteiger partial charge in [-0.15, -0.1) is 0 Å². The maximum absolute atomic E-state index is 13.5. The van der Waals surface area contributed by atoms with Gasteiger partial charge in [0, 0.05) is 50.0 Å². The van der Waals surface area contributed by atoms with Crippen molar-refractivity contribution in [1.29, 1.82) is 0 Å². The highest BCUT2D eigenvalue weighted by atomic mass is 19.1. The Labute approximate surface area is 227 Å². The number of carbonyl (C=O) groups is 3. The van der Waals surface area contributed by atoms with Gasteiger partial charge in [-0.2, -0.15) is 0 Å². The molecule has 204 valence electrons. The van der Waals surface area contributed by atoms with Crippen molar-refractivity contribution in [2.75, 3.05) is 36.4 Å². The third-order valence-corrected chi connectivity index (χ3v) is 7.46. The first-order chi connectivity index (χ1) is 19.0. The number of furan rings is 1. The lowest BCUT2D eigenvalue weighted by Gasteiger charge is -2.26. The SMILES string of the molecule is O=C(NCc1ccc(F)cc1)c1cc(NC(=O)C2CCCC2)ccc1N1CCCN(C(=O)c2ccco2)CC1. The number of benzene rings is 2. The summed E-state index contributed by atoms with van der Waals surface area (Å²) in [5, 5.41) is 5.93. The van der Waals surface area contributed by atoms with Crippen molar-refractivity contribution in [3.63, 3.8) is 0 Å². The molecule has 2 heterocycles. The first-order valence-electron chi connectivity index (χ1n) is 13.5. The first kappa shape index (κ1) is 26.5. The van der Waals surface area contributed by atoms with Gasteiger partial charge in [-0.05, 0) is 67.3 Å². The van der Waals surface area contributed by atoms with Gasteiger partial charge < -0.3 is 24.9 Å². The predicted octanol–water partition coefficient (Wildman–Crippen LogP) is 4.83. The van der Waals surface area contributed by atoms with Crippen LogP contribution in [0.5, 0.6) is 0 Å². The molecule has 0 spiro atoms. The van der Waals surface area contributed by atoms with Crippen LogP contribution >= 0.6 is 0 Å². The average molecular weight is 533 g/mol. The molecular weight excluding hydrogens is 499 g/mol. The van der Waals surface area contributed by atoms with Gasteiger partial charge in [-0.1, -0.05) is 25.0 Å². The van der Waals surface area contributed by atoms with E-state index in [1.54, 1.807) is 35.2 Å². The Morgan fingerprint density at radius 1 is 0.923 bits per heavy atom. The summed E-state index contributed by atoms with van der Waals surface area (Å²) in [5.41, 5.74) is 2.52. The third-order valence-electron chi connectivity index (χ3n) is 7.46. The Morgan fingerprint density at radius 2 is 1.72 bits per heavy atom. The molecule has 2 fully saturated rings. The maximum atomic E-state index is 13.5. The lowest BCUT2D eigenvalue weighted by molar-refractivity contribution is -0.119. The van der Waals surface area contributed by atoms with Gasteiger partial charge in [0.1, 0.15) is 5.82 Å². The summed E-state index contributed by atoms with van der Waals surface area (Å²) in [7, 11) is 0. The molecule has 0 atom stereocenters. The summed E-state index contributed by atoms with van der Waals surface area (Å²) in [6, 6.07) is 14.8. The van der Waals surface area contributed by atoms with Gasteiger partial charge in [-0.3, -0.25) is 14.4 Å². The highest BCUT2D eigenvalue weighted by Crippen LogP contribution is 2.29. The van der Waals surface area contributed by atoms with Crippen LogP contribution in [0.4, 0.5) is 15.8 Å². The van der Waals surface area contributed by atoms with Crippen LogP contribution in [0.3, 0.4) is 0 Å². The summed E-state index contributed by atoms with van der Waals surface area (Å²) in [6.07, 6.45) is 6.10. The van der Waals surface area contributed by atoms with E-state index in [1.165, 1.54) is 18.4 Å². The molecule has 1 aliphatic heterocycles. The Kier molecular flexibility index (Phi) is 8.24. The summed E-state index contributed by atoms with van der Waals surface area (Å²) >= 11 is 0. The zero-order chi connectivity index (χ0) is 27.2. The molecular formula is C30H33FN4O4. The fourth-order valence-corrected chi connectivity index (χ4v) is 5.30. The zero-order valence-corrected chi connectivity index (χ0v) is 21.8. The van der Waals surface area contributed by atoms with Crippen molar-refractivity contribution in [2.45, 2.75) is 38.6 Å². The second-order valence-corrected chi connectivity index (χ2v) is 10.1. The molecule has 5 rings (SSSR count).